The molecule has 0 radical (unpaired) electrons. The van der Waals surface area contributed by atoms with Crippen LogP contribution in [0.15, 0.2) is 46.9 Å². The predicted octanol–water partition coefficient (Wildman–Crippen LogP) is 3.55. The van der Waals surface area contributed by atoms with Crippen LogP contribution < -0.4 is 9.47 Å². The number of hydrogen-bond donors (Lipinski definition) is 1. The average molecular weight is 406 g/mol. The number of methoxy groups -OCH3 is 1. The summed E-state index contributed by atoms with van der Waals surface area (Å²) in [5, 5.41) is 8.96. The molecule has 0 amide bonds. The van der Waals surface area contributed by atoms with Crippen LogP contribution in [0.2, 0.25) is 0 Å². The molecule has 2 aromatic carbocycles. The molecule has 1 heterocycles. The minimum Gasteiger partial charge on any atom is -0.493 e. The van der Waals surface area contributed by atoms with Gasteiger partial charge in [-0.3, -0.25) is 9.69 Å². The van der Waals surface area contributed by atoms with Gasteiger partial charge in [-0.25, -0.2) is 0 Å². The largest absolute Gasteiger partial charge is 0.493 e. The molecule has 5 nitrogen and oxygen atoms in total. The Bertz CT molecular complexity index is 745. The predicted molar refractivity (Wildman–Crippen MR) is 97.9 cm³/mol. The fourth-order valence-corrected chi connectivity index (χ4v) is 3.45. The third-order valence-corrected chi connectivity index (χ3v) is 4.82. The molecule has 3 rings (SSSR count). The molecule has 2 aromatic rings. The van der Waals surface area contributed by atoms with E-state index in [0.29, 0.717) is 37.7 Å². The molecular formula is C19H20BrNO4. The number of aliphatic carboxylic acids is 1. The van der Waals surface area contributed by atoms with Gasteiger partial charge in [0.2, 0.25) is 0 Å². The van der Waals surface area contributed by atoms with Crippen molar-refractivity contribution in [2.24, 2.45) is 5.92 Å². The van der Waals surface area contributed by atoms with Gasteiger partial charge >= 0.3 is 5.97 Å². The first kappa shape index (κ1) is 17.8. The standard InChI is InChI=1S/C19H20BrNO4/c1-24-17-8-14(9-21-10-15(11-21)19(22)23)7-16(20)18(17)25-12-13-5-3-2-4-6-13/h2-8,15H,9-12H2,1H3,(H,22,23). The Morgan fingerprint density at radius 1 is 1.24 bits per heavy atom. The molecule has 0 saturated carbocycles. The van der Waals surface area contributed by atoms with E-state index < -0.39 is 5.97 Å². The summed E-state index contributed by atoms with van der Waals surface area (Å²) in [6.45, 7) is 2.32. The van der Waals surface area contributed by atoms with Crippen LogP contribution in [-0.2, 0) is 17.9 Å². The number of carboxylic acids is 1. The molecule has 6 heteroatoms. The van der Waals surface area contributed by atoms with Gasteiger partial charge < -0.3 is 14.6 Å². The van der Waals surface area contributed by atoms with E-state index in [1.807, 2.05) is 42.5 Å². The van der Waals surface area contributed by atoms with Crippen LogP contribution in [0.1, 0.15) is 11.1 Å². The van der Waals surface area contributed by atoms with E-state index in [2.05, 4.69) is 20.8 Å². The highest BCUT2D eigenvalue weighted by atomic mass is 79.9. The topological polar surface area (TPSA) is 59.0 Å². The number of halogens is 1. The minimum atomic E-state index is -0.723. The molecule has 0 bridgehead atoms. The molecule has 1 saturated heterocycles. The molecule has 0 aliphatic carbocycles. The van der Waals surface area contributed by atoms with Crippen LogP contribution in [0.4, 0.5) is 0 Å². The molecule has 1 aliphatic rings. The van der Waals surface area contributed by atoms with Gasteiger partial charge in [0.25, 0.3) is 0 Å². The molecule has 0 spiro atoms. The zero-order valence-electron chi connectivity index (χ0n) is 13.9. The third-order valence-electron chi connectivity index (χ3n) is 4.23. The summed E-state index contributed by atoms with van der Waals surface area (Å²) in [7, 11) is 1.62. The van der Waals surface area contributed by atoms with Gasteiger partial charge in [-0.05, 0) is 39.2 Å². The maximum absolute atomic E-state index is 10.9. The second-order valence-corrected chi connectivity index (χ2v) is 6.97. The Balaban J connectivity index is 1.67. The number of hydrogen-bond acceptors (Lipinski definition) is 4. The Kier molecular flexibility index (Phi) is 5.60. The first-order valence-electron chi connectivity index (χ1n) is 8.05. The lowest BCUT2D eigenvalue weighted by molar-refractivity contribution is -0.147. The van der Waals surface area contributed by atoms with Crippen molar-refractivity contribution < 1.29 is 19.4 Å². The zero-order chi connectivity index (χ0) is 17.8. The lowest BCUT2D eigenvalue weighted by Crippen LogP contribution is -2.49. The van der Waals surface area contributed by atoms with E-state index >= 15 is 0 Å². The SMILES string of the molecule is COc1cc(CN2CC(C(=O)O)C2)cc(Br)c1OCc1ccccc1. The Morgan fingerprint density at radius 2 is 1.96 bits per heavy atom. The van der Waals surface area contributed by atoms with Crippen molar-refractivity contribution in [3.8, 4) is 11.5 Å². The molecule has 0 atom stereocenters. The van der Waals surface area contributed by atoms with E-state index in [0.717, 1.165) is 15.6 Å². The number of benzene rings is 2. The maximum Gasteiger partial charge on any atom is 0.309 e. The molecule has 25 heavy (non-hydrogen) atoms. The third kappa shape index (κ3) is 4.32. The smallest absolute Gasteiger partial charge is 0.309 e. The average Bonchev–Trinajstić information content (AvgIpc) is 2.56. The molecule has 0 unspecified atom stereocenters. The van der Waals surface area contributed by atoms with Crippen molar-refractivity contribution >= 4 is 21.9 Å². The van der Waals surface area contributed by atoms with E-state index in [4.69, 9.17) is 14.6 Å². The summed E-state index contributed by atoms with van der Waals surface area (Å²) in [4.78, 5) is 13.0. The van der Waals surface area contributed by atoms with E-state index in [9.17, 15) is 4.79 Å². The Labute approximate surface area is 155 Å². The van der Waals surface area contributed by atoms with Crippen molar-refractivity contribution in [2.75, 3.05) is 20.2 Å². The van der Waals surface area contributed by atoms with Crippen molar-refractivity contribution in [3.05, 3.63) is 58.1 Å². The highest BCUT2D eigenvalue weighted by molar-refractivity contribution is 9.10. The lowest BCUT2D eigenvalue weighted by Gasteiger charge is -2.36. The summed E-state index contributed by atoms with van der Waals surface area (Å²) < 4.78 is 12.2. The van der Waals surface area contributed by atoms with Crippen molar-refractivity contribution in [2.45, 2.75) is 13.2 Å². The van der Waals surface area contributed by atoms with E-state index in [1.165, 1.54) is 0 Å². The molecule has 1 N–H and O–H groups in total. The van der Waals surface area contributed by atoms with Crippen LogP contribution in [-0.4, -0.2) is 36.2 Å². The van der Waals surface area contributed by atoms with Gasteiger partial charge in [-0.1, -0.05) is 30.3 Å². The second-order valence-electron chi connectivity index (χ2n) is 6.11. The highest BCUT2D eigenvalue weighted by Gasteiger charge is 2.32. The molecular weight excluding hydrogens is 386 g/mol. The maximum atomic E-state index is 10.9. The number of nitrogens with zero attached hydrogens (tertiary/aromatic N) is 1. The summed E-state index contributed by atoms with van der Waals surface area (Å²) in [5.74, 6) is 0.358. The van der Waals surface area contributed by atoms with Gasteiger partial charge in [-0.15, -0.1) is 0 Å². The van der Waals surface area contributed by atoms with Crippen LogP contribution in [0.25, 0.3) is 0 Å². The quantitative estimate of drug-likeness (QED) is 0.762. The van der Waals surface area contributed by atoms with Gasteiger partial charge in [0.05, 0.1) is 17.5 Å². The van der Waals surface area contributed by atoms with Gasteiger partial charge in [-0.2, -0.15) is 0 Å². The summed E-state index contributed by atoms with van der Waals surface area (Å²) in [5.41, 5.74) is 2.14. The Morgan fingerprint density at radius 3 is 2.60 bits per heavy atom. The summed E-state index contributed by atoms with van der Waals surface area (Å²) in [6, 6.07) is 13.9. The van der Waals surface area contributed by atoms with E-state index in [1.54, 1.807) is 7.11 Å². The van der Waals surface area contributed by atoms with Crippen LogP contribution >= 0.6 is 15.9 Å². The summed E-state index contributed by atoms with van der Waals surface area (Å²) in [6.07, 6.45) is 0. The number of ether oxygens (including phenoxy) is 2. The van der Waals surface area contributed by atoms with Crippen molar-refractivity contribution in [1.82, 2.24) is 4.90 Å². The first-order chi connectivity index (χ1) is 12.1. The summed E-state index contributed by atoms with van der Waals surface area (Å²) >= 11 is 3.56. The number of carboxylic acid groups (broad SMARTS) is 1. The van der Waals surface area contributed by atoms with Gasteiger partial charge in [0, 0.05) is 19.6 Å². The van der Waals surface area contributed by atoms with Gasteiger partial charge in [0.15, 0.2) is 11.5 Å². The number of rotatable bonds is 7. The zero-order valence-corrected chi connectivity index (χ0v) is 15.5. The van der Waals surface area contributed by atoms with Crippen LogP contribution in [0, 0.1) is 5.92 Å². The molecule has 1 fully saturated rings. The molecule has 1 aliphatic heterocycles. The first-order valence-corrected chi connectivity index (χ1v) is 8.84. The minimum absolute atomic E-state index is 0.251. The Hall–Kier alpha value is -2.05. The fraction of sp³-hybridized carbons (Fsp3) is 0.316. The van der Waals surface area contributed by atoms with Crippen molar-refractivity contribution in [1.29, 1.82) is 0 Å². The second kappa shape index (κ2) is 7.89. The molecule has 132 valence electrons. The van der Waals surface area contributed by atoms with Crippen molar-refractivity contribution in [3.63, 3.8) is 0 Å². The van der Waals surface area contributed by atoms with Gasteiger partial charge in [0.1, 0.15) is 6.61 Å². The fourth-order valence-electron chi connectivity index (χ4n) is 2.85. The molecule has 0 aromatic heterocycles. The van der Waals surface area contributed by atoms with Crippen LogP contribution in [0.5, 0.6) is 11.5 Å². The van der Waals surface area contributed by atoms with E-state index in [-0.39, 0.29) is 5.92 Å². The van der Waals surface area contributed by atoms with Crippen LogP contribution in [0.3, 0.4) is 0 Å². The monoisotopic (exact) mass is 405 g/mol. The highest BCUT2D eigenvalue weighted by Crippen LogP contribution is 2.38. The number of likely N-dealkylation sites (tertiary alicyclic amines) is 1. The number of carbonyl (C=O) groups is 1. The normalized spacial score (nSPS) is 14.8. The lowest BCUT2D eigenvalue weighted by atomic mass is 9.99.